The third-order valence-electron chi connectivity index (χ3n) is 2.88. The number of anilines is 2. The number of carbonyl (C=O) groups excluding carboxylic acids is 1. The molecular formula is C10H12N6OS2. The average Bonchev–Trinajstić information content (AvgIpc) is 3.09. The van der Waals surface area contributed by atoms with Crippen molar-refractivity contribution >= 4 is 38.8 Å². The lowest BCUT2D eigenvalue weighted by Gasteiger charge is -2.34. The molecule has 0 bridgehead atoms. The Balaban J connectivity index is 1.62. The Morgan fingerprint density at radius 1 is 1.26 bits per heavy atom. The van der Waals surface area contributed by atoms with Crippen LogP contribution in [-0.4, -0.2) is 52.2 Å². The summed E-state index contributed by atoms with van der Waals surface area (Å²) in [6, 6.07) is 0. The predicted molar refractivity (Wildman–Crippen MR) is 74.6 cm³/mol. The highest BCUT2D eigenvalue weighted by Gasteiger charge is 2.25. The quantitative estimate of drug-likeness (QED) is 0.870. The lowest BCUT2D eigenvalue weighted by Crippen LogP contribution is -2.48. The summed E-state index contributed by atoms with van der Waals surface area (Å²) in [7, 11) is 0. The third kappa shape index (κ3) is 2.51. The number of piperazine rings is 1. The summed E-state index contributed by atoms with van der Waals surface area (Å²) in [6.07, 6.45) is 1.79. The Hall–Kier alpha value is -1.74. The smallest absolute Gasteiger partial charge is 0.285 e. The Morgan fingerprint density at radius 2 is 2.05 bits per heavy atom. The van der Waals surface area contributed by atoms with Gasteiger partial charge in [-0.2, -0.15) is 0 Å². The Labute approximate surface area is 117 Å². The fourth-order valence-electron chi connectivity index (χ4n) is 1.93. The highest BCUT2D eigenvalue weighted by atomic mass is 32.1. The number of carbonyl (C=O) groups is 1. The van der Waals surface area contributed by atoms with Crippen molar-refractivity contribution < 1.29 is 4.79 Å². The zero-order valence-corrected chi connectivity index (χ0v) is 11.7. The molecule has 1 aliphatic heterocycles. The van der Waals surface area contributed by atoms with E-state index in [1.54, 1.807) is 22.4 Å². The van der Waals surface area contributed by atoms with Gasteiger partial charge in [0.2, 0.25) is 10.1 Å². The van der Waals surface area contributed by atoms with E-state index in [0.29, 0.717) is 23.2 Å². The van der Waals surface area contributed by atoms with Gasteiger partial charge in [0.25, 0.3) is 5.91 Å². The predicted octanol–water partition coefficient (Wildman–Crippen LogP) is 0.539. The van der Waals surface area contributed by atoms with E-state index in [-0.39, 0.29) is 5.91 Å². The van der Waals surface area contributed by atoms with Gasteiger partial charge in [-0.1, -0.05) is 11.3 Å². The van der Waals surface area contributed by atoms with E-state index in [4.69, 9.17) is 5.73 Å². The molecule has 9 heteroatoms. The number of aromatic nitrogens is 3. The number of hydrogen-bond acceptors (Lipinski definition) is 8. The number of nitrogens with two attached hydrogens (primary N) is 1. The molecule has 1 fully saturated rings. The molecule has 2 aromatic heterocycles. The summed E-state index contributed by atoms with van der Waals surface area (Å²) in [6.45, 7) is 2.90. The molecule has 0 atom stereocenters. The van der Waals surface area contributed by atoms with Crippen molar-refractivity contribution in [3.63, 3.8) is 0 Å². The van der Waals surface area contributed by atoms with Gasteiger partial charge in [0.1, 0.15) is 0 Å². The van der Waals surface area contributed by atoms with Gasteiger partial charge >= 0.3 is 0 Å². The molecule has 1 amide bonds. The first-order valence-corrected chi connectivity index (χ1v) is 7.46. The zero-order valence-electron chi connectivity index (χ0n) is 10.0. The summed E-state index contributed by atoms with van der Waals surface area (Å²) in [4.78, 5) is 20.4. The summed E-state index contributed by atoms with van der Waals surface area (Å²) < 4.78 is 0. The van der Waals surface area contributed by atoms with Crippen molar-refractivity contribution in [1.29, 1.82) is 0 Å². The highest BCUT2D eigenvalue weighted by Crippen LogP contribution is 2.20. The first-order valence-electron chi connectivity index (χ1n) is 5.77. The number of nitrogen functional groups attached to an aromatic ring is 1. The largest absolute Gasteiger partial charge is 0.374 e. The first-order chi connectivity index (χ1) is 9.24. The van der Waals surface area contributed by atoms with Crippen LogP contribution < -0.4 is 10.6 Å². The fourth-order valence-corrected chi connectivity index (χ4v) is 3.20. The number of thiazole rings is 1. The Bertz CT molecular complexity index is 560. The molecule has 3 rings (SSSR count). The molecule has 100 valence electrons. The second kappa shape index (κ2) is 5.10. The molecule has 0 radical (unpaired) electrons. The van der Waals surface area contributed by atoms with Gasteiger partial charge in [-0.15, -0.1) is 21.5 Å². The molecule has 3 heterocycles. The Kier molecular flexibility index (Phi) is 3.30. The normalized spacial score (nSPS) is 15.8. The van der Waals surface area contributed by atoms with Crippen LogP contribution in [0.5, 0.6) is 0 Å². The van der Waals surface area contributed by atoms with E-state index in [9.17, 15) is 4.79 Å². The zero-order chi connectivity index (χ0) is 13.2. The minimum Gasteiger partial charge on any atom is -0.374 e. The van der Waals surface area contributed by atoms with Crippen molar-refractivity contribution in [3.8, 4) is 0 Å². The van der Waals surface area contributed by atoms with Crippen molar-refractivity contribution in [2.75, 3.05) is 36.8 Å². The van der Waals surface area contributed by atoms with Crippen LogP contribution in [0.2, 0.25) is 0 Å². The van der Waals surface area contributed by atoms with Crippen molar-refractivity contribution in [2.24, 2.45) is 0 Å². The minimum absolute atomic E-state index is 0.0898. The van der Waals surface area contributed by atoms with Crippen LogP contribution in [0.4, 0.5) is 10.3 Å². The number of hydrogen-bond donors (Lipinski definition) is 1. The maximum Gasteiger partial charge on any atom is 0.285 e. The maximum absolute atomic E-state index is 12.2. The van der Waals surface area contributed by atoms with Gasteiger partial charge in [-0.25, -0.2) is 4.98 Å². The van der Waals surface area contributed by atoms with E-state index in [2.05, 4.69) is 20.1 Å². The first kappa shape index (κ1) is 12.3. The molecule has 0 aromatic carbocycles. The lowest BCUT2D eigenvalue weighted by molar-refractivity contribution is 0.0745. The lowest BCUT2D eigenvalue weighted by atomic mass is 10.3. The molecule has 0 unspecified atom stereocenters. The molecule has 19 heavy (non-hydrogen) atoms. The van der Waals surface area contributed by atoms with Gasteiger partial charge in [0.15, 0.2) is 5.13 Å². The maximum atomic E-state index is 12.2. The minimum atomic E-state index is -0.0898. The standard InChI is InChI=1S/C10H12N6OS2/c11-9-14-13-7(19-9)8(17)15-2-4-16(5-3-15)10-12-1-6-18-10/h1,6H,2-5H2,(H2,11,14). The average molecular weight is 296 g/mol. The van der Waals surface area contributed by atoms with Crippen LogP contribution in [0.1, 0.15) is 9.80 Å². The van der Waals surface area contributed by atoms with E-state index in [1.807, 2.05) is 5.38 Å². The second-order valence-corrected chi connectivity index (χ2v) is 5.92. The van der Waals surface area contributed by atoms with Crippen molar-refractivity contribution in [3.05, 3.63) is 16.6 Å². The molecule has 2 N–H and O–H groups in total. The van der Waals surface area contributed by atoms with Gasteiger partial charge in [-0.05, 0) is 0 Å². The molecule has 1 aliphatic rings. The summed E-state index contributed by atoms with van der Waals surface area (Å²) in [5.74, 6) is -0.0898. The van der Waals surface area contributed by atoms with Crippen molar-refractivity contribution in [1.82, 2.24) is 20.1 Å². The summed E-state index contributed by atoms with van der Waals surface area (Å²) >= 11 is 2.74. The van der Waals surface area contributed by atoms with Crippen LogP contribution in [0.3, 0.4) is 0 Å². The molecule has 0 saturated carbocycles. The topological polar surface area (TPSA) is 88.2 Å². The van der Waals surface area contributed by atoms with E-state index in [1.165, 1.54) is 0 Å². The third-order valence-corrected chi connectivity index (χ3v) is 4.45. The molecule has 1 saturated heterocycles. The van der Waals surface area contributed by atoms with Gasteiger partial charge in [-0.3, -0.25) is 4.79 Å². The van der Waals surface area contributed by atoms with Gasteiger partial charge in [0, 0.05) is 37.8 Å². The van der Waals surface area contributed by atoms with Crippen molar-refractivity contribution in [2.45, 2.75) is 0 Å². The SMILES string of the molecule is Nc1nnc(C(=O)N2CCN(c3nccs3)CC2)s1. The summed E-state index contributed by atoms with van der Waals surface area (Å²) in [5, 5.41) is 11.1. The Morgan fingerprint density at radius 3 is 2.63 bits per heavy atom. The fraction of sp³-hybridized carbons (Fsp3) is 0.400. The summed E-state index contributed by atoms with van der Waals surface area (Å²) in [5.41, 5.74) is 5.49. The molecule has 0 aliphatic carbocycles. The molecular weight excluding hydrogens is 284 g/mol. The molecule has 2 aromatic rings. The second-order valence-electron chi connectivity index (χ2n) is 4.04. The van der Waals surface area contributed by atoms with Crippen LogP contribution in [0, 0.1) is 0 Å². The van der Waals surface area contributed by atoms with Crippen LogP contribution in [0.15, 0.2) is 11.6 Å². The van der Waals surface area contributed by atoms with Crippen LogP contribution in [0.25, 0.3) is 0 Å². The van der Waals surface area contributed by atoms with Gasteiger partial charge < -0.3 is 15.5 Å². The van der Waals surface area contributed by atoms with Crippen LogP contribution in [-0.2, 0) is 0 Å². The number of amides is 1. The highest BCUT2D eigenvalue weighted by molar-refractivity contribution is 7.16. The number of nitrogens with zero attached hydrogens (tertiary/aromatic N) is 5. The van der Waals surface area contributed by atoms with Crippen LogP contribution >= 0.6 is 22.7 Å². The van der Waals surface area contributed by atoms with E-state index in [0.717, 1.165) is 29.6 Å². The number of rotatable bonds is 2. The molecule has 0 spiro atoms. The molecule has 7 nitrogen and oxygen atoms in total. The van der Waals surface area contributed by atoms with E-state index >= 15 is 0 Å². The van der Waals surface area contributed by atoms with E-state index < -0.39 is 0 Å². The van der Waals surface area contributed by atoms with Gasteiger partial charge in [0.05, 0.1) is 0 Å². The monoisotopic (exact) mass is 296 g/mol.